The number of aryl methyl sites for hydroxylation is 2. The summed E-state index contributed by atoms with van der Waals surface area (Å²) in [5, 5.41) is 3.57. The van der Waals surface area contributed by atoms with Crippen LogP contribution in [0.15, 0.2) is 77.6 Å². The van der Waals surface area contributed by atoms with E-state index in [1.807, 2.05) is 67.6 Å². The fraction of sp³-hybridized carbons (Fsp3) is 0.192. The van der Waals surface area contributed by atoms with Crippen molar-refractivity contribution in [3.63, 3.8) is 0 Å². The number of amides is 1. The molecule has 0 aliphatic carbocycles. The van der Waals surface area contributed by atoms with Crippen LogP contribution in [-0.4, -0.2) is 15.5 Å². The number of nitrogens with zero attached hydrogens (tertiary/aromatic N) is 2. The van der Waals surface area contributed by atoms with Crippen LogP contribution in [0.1, 0.15) is 28.4 Å². The Labute approximate surface area is 180 Å². The fourth-order valence-corrected chi connectivity index (χ4v) is 4.32. The van der Waals surface area contributed by atoms with E-state index in [9.17, 15) is 9.59 Å². The molecule has 1 aromatic heterocycles. The maximum atomic E-state index is 13.3. The highest BCUT2D eigenvalue weighted by molar-refractivity contribution is 6.03. The number of aromatic nitrogens is 2. The molecule has 4 aromatic rings. The summed E-state index contributed by atoms with van der Waals surface area (Å²) in [5.74, 6) is 0.248. The summed E-state index contributed by atoms with van der Waals surface area (Å²) in [7, 11) is 0. The molecule has 0 fully saturated rings. The minimum Gasteiger partial charge on any atom is -0.325 e. The van der Waals surface area contributed by atoms with Gasteiger partial charge in [-0.1, -0.05) is 60.2 Å². The molecule has 0 radical (unpaired) electrons. The van der Waals surface area contributed by atoms with Crippen LogP contribution in [-0.2, 0) is 24.2 Å². The van der Waals surface area contributed by atoms with Crippen molar-refractivity contribution in [2.24, 2.45) is 0 Å². The van der Waals surface area contributed by atoms with E-state index in [0.717, 1.165) is 28.8 Å². The van der Waals surface area contributed by atoms with E-state index in [-0.39, 0.29) is 17.4 Å². The van der Waals surface area contributed by atoms with Crippen molar-refractivity contribution in [3.05, 3.63) is 106 Å². The van der Waals surface area contributed by atoms with Crippen LogP contribution in [0.25, 0.3) is 10.9 Å². The van der Waals surface area contributed by atoms with E-state index >= 15 is 0 Å². The van der Waals surface area contributed by atoms with Gasteiger partial charge in [0.25, 0.3) is 5.56 Å². The Morgan fingerprint density at radius 1 is 0.968 bits per heavy atom. The van der Waals surface area contributed by atoms with Crippen LogP contribution < -0.4 is 10.9 Å². The number of hydrogen-bond donors (Lipinski definition) is 1. The minimum absolute atomic E-state index is 0.0439. The van der Waals surface area contributed by atoms with Crippen LogP contribution in [0, 0.1) is 6.92 Å². The van der Waals surface area contributed by atoms with Gasteiger partial charge in [-0.15, -0.1) is 0 Å². The van der Waals surface area contributed by atoms with Crippen LogP contribution in [0.2, 0.25) is 0 Å². The molecule has 0 bridgehead atoms. The van der Waals surface area contributed by atoms with Crippen LogP contribution in [0.3, 0.4) is 0 Å². The van der Waals surface area contributed by atoms with Gasteiger partial charge in [-0.05, 0) is 42.7 Å². The second kappa shape index (κ2) is 7.84. The van der Waals surface area contributed by atoms with E-state index in [0.29, 0.717) is 29.7 Å². The lowest BCUT2D eigenvalue weighted by atomic mass is 9.95. The Hall–Kier alpha value is -3.73. The van der Waals surface area contributed by atoms with E-state index in [1.54, 1.807) is 4.57 Å². The molecule has 1 N–H and O–H groups in total. The molecule has 1 amide bonds. The normalized spacial score (nSPS) is 15.1. The second-order valence-corrected chi connectivity index (χ2v) is 8.07. The van der Waals surface area contributed by atoms with Crippen molar-refractivity contribution in [2.45, 2.75) is 32.2 Å². The molecule has 5 heteroatoms. The average Bonchev–Trinajstić information content (AvgIpc) is 3.09. The molecule has 31 heavy (non-hydrogen) atoms. The van der Waals surface area contributed by atoms with Gasteiger partial charge in [-0.2, -0.15) is 0 Å². The van der Waals surface area contributed by atoms with Gasteiger partial charge in [-0.3, -0.25) is 14.2 Å². The second-order valence-electron chi connectivity index (χ2n) is 8.07. The molecule has 0 saturated carbocycles. The number of para-hydroxylation sites is 1. The van der Waals surface area contributed by atoms with Crippen molar-refractivity contribution in [1.29, 1.82) is 0 Å². The smallest absolute Gasteiger partial charge is 0.261 e. The summed E-state index contributed by atoms with van der Waals surface area (Å²) < 4.78 is 1.75. The standard InChI is InChI=1S/C26H23N3O2/c1-17-11-12-23-20(15-17)21(25(30)28-23)16-24-27-22-10-6-5-9-19(22)26(31)29(24)14-13-18-7-3-2-4-8-18/h2-12,15,21H,13-14,16H2,1H3,(H,28,30). The van der Waals surface area contributed by atoms with Crippen LogP contribution >= 0.6 is 0 Å². The Kier molecular flexibility index (Phi) is 4.86. The van der Waals surface area contributed by atoms with Crippen molar-refractivity contribution >= 4 is 22.5 Å². The number of hydrogen-bond acceptors (Lipinski definition) is 3. The first kappa shape index (κ1) is 19.2. The van der Waals surface area contributed by atoms with Crippen LogP contribution in [0.4, 0.5) is 5.69 Å². The molecule has 5 rings (SSSR count). The van der Waals surface area contributed by atoms with E-state index in [4.69, 9.17) is 4.98 Å². The Morgan fingerprint density at radius 3 is 2.58 bits per heavy atom. The minimum atomic E-state index is -0.356. The highest BCUT2D eigenvalue weighted by Gasteiger charge is 2.32. The molecule has 154 valence electrons. The predicted octanol–water partition coefficient (Wildman–Crippen LogP) is 4.23. The van der Waals surface area contributed by atoms with Crippen molar-refractivity contribution in [3.8, 4) is 0 Å². The van der Waals surface area contributed by atoms with E-state index in [1.165, 1.54) is 0 Å². The average molecular weight is 409 g/mol. The zero-order valence-electron chi connectivity index (χ0n) is 17.3. The molecule has 1 unspecified atom stereocenters. The third kappa shape index (κ3) is 3.63. The van der Waals surface area contributed by atoms with Gasteiger partial charge < -0.3 is 5.32 Å². The van der Waals surface area contributed by atoms with Crippen LogP contribution in [0.5, 0.6) is 0 Å². The van der Waals surface area contributed by atoms with Crippen molar-refractivity contribution in [2.75, 3.05) is 5.32 Å². The SMILES string of the molecule is Cc1ccc2c(c1)C(Cc1nc3ccccc3c(=O)n1CCc1ccccc1)C(=O)N2. The Bertz CT molecular complexity index is 1340. The third-order valence-electron chi connectivity index (χ3n) is 5.95. The van der Waals surface area contributed by atoms with Crippen molar-refractivity contribution < 1.29 is 4.79 Å². The first-order valence-corrected chi connectivity index (χ1v) is 10.5. The number of anilines is 1. The topological polar surface area (TPSA) is 64.0 Å². The largest absolute Gasteiger partial charge is 0.325 e. The number of benzene rings is 3. The molecular weight excluding hydrogens is 386 g/mol. The maximum Gasteiger partial charge on any atom is 0.261 e. The van der Waals surface area contributed by atoms with Gasteiger partial charge in [0, 0.05) is 18.7 Å². The summed E-state index contributed by atoms with van der Waals surface area (Å²) in [6, 6.07) is 23.5. The molecular formula is C26H23N3O2. The van der Waals surface area contributed by atoms with Gasteiger partial charge in [0.15, 0.2) is 0 Å². The zero-order valence-corrected chi connectivity index (χ0v) is 17.3. The lowest BCUT2D eigenvalue weighted by Gasteiger charge is -2.16. The maximum absolute atomic E-state index is 13.3. The highest BCUT2D eigenvalue weighted by Crippen LogP contribution is 2.35. The molecule has 1 aliphatic heterocycles. The van der Waals surface area contributed by atoms with Gasteiger partial charge >= 0.3 is 0 Å². The monoisotopic (exact) mass is 409 g/mol. The number of nitrogens with one attached hydrogen (secondary N) is 1. The van der Waals surface area contributed by atoms with Gasteiger partial charge in [-0.25, -0.2) is 4.98 Å². The summed E-state index contributed by atoms with van der Waals surface area (Å²) in [6.07, 6.45) is 1.11. The first-order valence-electron chi connectivity index (χ1n) is 10.5. The molecule has 3 aromatic carbocycles. The molecule has 1 aliphatic rings. The summed E-state index contributed by atoms with van der Waals surface area (Å²) in [6.45, 7) is 2.54. The zero-order chi connectivity index (χ0) is 21.4. The summed E-state index contributed by atoms with van der Waals surface area (Å²) in [4.78, 5) is 30.9. The molecule has 5 nitrogen and oxygen atoms in total. The molecule has 0 spiro atoms. The summed E-state index contributed by atoms with van der Waals surface area (Å²) in [5.41, 5.74) is 4.70. The third-order valence-corrected chi connectivity index (χ3v) is 5.95. The molecule has 1 atom stereocenters. The van der Waals surface area contributed by atoms with E-state index in [2.05, 4.69) is 17.4 Å². The Balaban J connectivity index is 1.57. The van der Waals surface area contributed by atoms with E-state index < -0.39 is 0 Å². The summed E-state index contributed by atoms with van der Waals surface area (Å²) >= 11 is 0. The highest BCUT2D eigenvalue weighted by atomic mass is 16.2. The Morgan fingerprint density at radius 2 is 1.74 bits per heavy atom. The van der Waals surface area contributed by atoms with Gasteiger partial charge in [0.05, 0.1) is 16.8 Å². The quantitative estimate of drug-likeness (QED) is 0.537. The first-order chi connectivity index (χ1) is 15.1. The predicted molar refractivity (Wildman–Crippen MR) is 122 cm³/mol. The number of fused-ring (bicyclic) bond motifs is 2. The lowest BCUT2D eigenvalue weighted by molar-refractivity contribution is -0.117. The number of carbonyl (C=O) groups excluding carboxylic acids is 1. The number of rotatable bonds is 5. The van der Waals surface area contributed by atoms with Crippen molar-refractivity contribution in [1.82, 2.24) is 9.55 Å². The van der Waals surface area contributed by atoms with Gasteiger partial charge in [0.2, 0.25) is 5.91 Å². The fourth-order valence-electron chi connectivity index (χ4n) is 4.32. The molecule has 2 heterocycles. The lowest BCUT2D eigenvalue weighted by Crippen LogP contribution is -2.28. The number of carbonyl (C=O) groups is 1. The molecule has 0 saturated heterocycles. The van der Waals surface area contributed by atoms with Gasteiger partial charge in [0.1, 0.15) is 5.82 Å².